The molecule has 0 radical (unpaired) electrons. The van der Waals surface area contributed by atoms with Crippen LogP contribution in [0.2, 0.25) is 0 Å². The molecule has 2 unspecified atom stereocenters. The van der Waals surface area contributed by atoms with Gasteiger partial charge in [0.1, 0.15) is 0 Å². The molecule has 184 valence electrons. The molecule has 4 aliphatic carbocycles. The molecule has 5 rings (SSSR count). The Hall–Kier alpha value is -0.910. The lowest BCUT2D eigenvalue weighted by Gasteiger charge is -2.57. The van der Waals surface area contributed by atoms with E-state index in [1.54, 1.807) is 35.6 Å². The standard InChI is InChI=1S/C28H43NO3S/c1-19(29(4)33(31,32)21-8-6-5-7-9-21)25-12-13-26-24-11-10-20-18-27(2,30)16-14-22(20)23(24)15-17-28(25,26)3/h5-9,19-20,22-26,30H,10-18H2,1-4H3/t19-,20-,22+,23?,24-,25-,26?,27-,28-/m1/s1. The normalized spacial score (nSPS) is 44.1. The van der Waals surface area contributed by atoms with Crippen LogP contribution < -0.4 is 0 Å². The molecule has 4 nitrogen and oxygen atoms in total. The van der Waals surface area contributed by atoms with Gasteiger partial charge in [-0.1, -0.05) is 25.1 Å². The average Bonchev–Trinajstić information content (AvgIpc) is 3.15. The van der Waals surface area contributed by atoms with Crippen molar-refractivity contribution in [2.45, 2.75) is 95.1 Å². The van der Waals surface area contributed by atoms with E-state index in [0.717, 1.165) is 42.9 Å². The predicted molar refractivity (Wildman–Crippen MR) is 132 cm³/mol. The molecule has 0 amide bonds. The van der Waals surface area contributed by atoms with Crippen molar-refractivity contribution >= 4 is 10.0 Å². The number of benzene rings is 1. The van der Waals surface area contributed by atoms with E-state index in [-0.39, 0.29) is 11.5 Å². The third-order valence-corrected chi connectivity index (χ3v) is 12.8. The fourth-order valence-corrected chi connectivity index (χ4v) is 10.6. The monoisotopic (exact) mass is 473 g/mol. The summed E-state index contributed by atoms with van der Waals surface area (Å²) in [5.41, 5.74) is -0.228. The summed E-state index contributed by atoms with van der Waals surface area (Å²) in [6.45, 7) is 6.67. The number of rotatable bonds is 4. The highest BCUT2D eigenvalue weighted by molar-refractivity contribution is 7.89. The van der Waals surface area contributed by atoms with Crippen LogP contribution >= 0.6 is 0 Å². The second kappa shape index (κ2) is 8.34. The van der Waals surface area contributed by atoms with E-state index in [9.17, 15) is 13.5 Å². The van der Waals surface area contributed by atoms with Crippen molar-refractivity contribution in [2.24, 2.45) is 40.9 Å². The molecule has 0 aromatic heterocycles. The molecule has 1 aromatic rings. The highest BCUT2D eigenvalue weighted by Crippen LogP contribution is 2.65. The third-order valence-electron chi connectivity index (χ3n) is 10.9. The van der Waals surface area contributed by atoms with Crippen LogP contribution in [-0.4, -0.2) is 36.5 Å². The molecule has 4 saturated carbocycles. The maximum atomic E-state index is 13.3. The Morgan fingerprint density at radius 2 is 1.64 bits per heavy atom. The molecule has 4 fully saturated rings. The van der Waals surface area contributed by atoms with Gasteiger partial charge in [0, 0.05) is 13.1 Å². The number of aliphatic hydroxyl groups is 1. The zero-order valence-electron chi connectivity index (χ0n) is 20.9. The van der Waals surface area contributed by atoms with Crippen molar-refractivity contribution in [2.75, 3.05) is 7.05 Å². The predicted octanol–water partition coefficient (Wildman–Crippen LogP) is 5.72. The van der Waals surface area contributed by atoms with Gasteiger partial charge in [-0.25, -0.2) is 8.42 Å². The van der Waals surface area contributed by atoms with Gasteiger partial charge in [-0.3, -0.25) is 0 Å². The van der Waals surface area contributed by atoms with Crippen LogP contribution in [0, 0.1) is 40.9 Å². The van der Waals surface area contributed by atoms with E-state index >= 15 is 0 Å². The van der Waals surface area contributed by atoms with E-state index in [1.807, 2.05) is 13.0 Å². The lowest BCUT2D eigenvalue weighted by atomic mass is 9.49. The van der Waals surface area contributed by atoms with Crippen LogP contribution in [0.1, 0.15) is 78.6 Å². The van der Waals surface area contributed by atoms with Gasteiger partial charge in [-0.15, -0.1) is 0 Å². The molecule has 4 aliphatic rings. The summed E-state index contributed by atoms with van der Waals surface area (Å²) in [5, 5.41) is 10.6. The molecular weight excluding hydrogens is 430 g/mol. The summed E-state index contributed by atoms with van der Waals surface area (Å²) in [5.74, 6) is 4.25. The lowest BCUT2D eigenvalue weighted by molar-refractivity contribution is -0.102. The smallest absolute Gasteiger partial charge is 0.243 e. The number of sulfonamides is 1. The Balaban J connectivity index is 1.34. The minimum atomic E-state index is -3.48. The van der Waals surface area contributed by atoms with Gasteiger partial charge in [0.15, 0.2) is 0 Å². The molecule has 0 spiro atoms. The zero-order valence-corrected chi connectivity index (χ0v) is 21.7. The van der Waals surface area contributed by atoms with Gasteiger partial charge in [0.25, 0.3) is 0 Å². The quantitative estimate of drug-likeness (QED) is 0.609. The highest BCUT2D eigenvalue weighted by atomic mass is 32.2. The zero-order chi connectivity index (χ0) is 23.6. The maximum absolute atomic E-state index is 13.3. The fourth-order valence-electron chi connectivity index (χ4n) is 9.15. The van der Waals surface area contributed by atoms with Crippen LogP contribution in [0.5, 0.6) is 0 Å². The molecule has 1 aromatic carbocycles. The van der Waals surface area contributed by atoms with Crippen LogP contribution in [-0.2, 0) is 10.0 Å². The lowest BCUT2D eigenvalue weighted by Crippen LogP contribution is -2.52. The topological polar surface area (TPSA) is 57.6 Å². The van der Waals surface area contributed by atoms with Gasteiger partial charge in [-0.05, 0) is 125 Å². The summed E-state index contributed by atoms with van der Waals surface area (Å²) < 4.78 is 28.3. The molecule has 0 aliphatic heterocycles. The Labute approximate surface area is 201 Å². The number of hydrogen-bond donors (Lipinski definition) is 1. The molecule has 0 bridgehead atoms. The van der Waals surface area contributed by atoms with Crippen LogP contribution in [0.15, 0.2) is 35.2 Å². The summed E-state index contributed by atoms with van der Waals surface area (Å²) in [6, 6.07) is 8.90. The van der Waals surface area contributed by atoms with E-state index in [0.29, 0.717) is 16.7 Å². The number of nitrogens with zero attached hydrogens (tertiary/aromatic N) is 1. The van der Waals surface area contributed by atoms with E-state index < -0.39 is 15.6 Å². The first kappa shape index (κ1) is 23.8. The minimum Gasteiger partial charge on any atom is -0.390 e. The van der Waals surface area contributed by atoms with Crippen molar-refractivity contribution in [3.05, 3.63) is 30.3 Å². The Kier molecular flexibility index (Phi) is 6.02. The molecule has 33 heavy (non-hydrogen) atoms. The third kappa shape index (κ3) is 3.90. The summed E-state index contributed by atoms with van der Waals surface area (Å²) in [4.78, 5) is 0.397. The van der Waals surface area contributed by atoms with Crippen molar-refractivity contribution in [3.8, 4) is 0 Å². The Morgan fingerprint density at radius 3 is 2.36 bits per heavy atom. The Bertz CT molecular complexity index is 961. The van der Waals surface area contributed by atoms with Crippen molar-refractivity contribution in [3.63, 3.8) is 0 Å². The van der Waals surface area contributed by atoms with Crippen molar-refractivity contribution in [1.82, 2.24) is 4.31 Å². The first-order valence-electron chi connectivity index (χ1n) is 13.3. The molecule has 1 N–H and O–H groups in total. The largest absolute Gasteiger partial charge is 0.390 e. The molecular formula is C28H43NO3S. The second-order valence-corrected chi connectivity index (χ2v) is 14.5. The van der Waals surface area contributed by atoms with Gasteiger partial charge < -0.3 is 5.11 Å². The summed E-state index contributed by atoms with van der Waals surface area (Å²) in [7, 11) is -1.69. The van der Waals surface area contributed by atoms with Crippen molar-refractivity contribution < 1.29 is 13.5 Å². The average molecular weight is 474 g/mol. The first-order valence-corrected chi connectivity index (χ1v) is 14.7. The van der Waals surface area contributed by atoms with E-state index in [4.69, 9.17) is 0 Å². The maximum Gasteiger partial charge on any atom is 0.243 e. The SMILES string of the molecule is C[C@H]([C@H]1CCC2[C@@H]3CC[C@@H]4C[C@](C)(O)CC[C@@H]4C3CC[C@@]21C)N(C)S(=O)(=O)c1ccccc1. The molecule has 0 saturated heterocycles. The molecule has 0 heterocycles. The van der Waals surface area contributed by atoms with E-state index in [1.165, 1.54) is 38.5 Å². The number of hydrogen-bond acceptors (Lipinski definition) is 3. The van der Waals surface area contributed by atoms with Crippen molar-refractivity contribution in [1.29, 1.82) is 0 Å². The van der Waals surface area contributed by atoms with Gasteiger partial charge >= 0.3 is 0 Å². The fraction of sp³-hybridized carbons (Fsp3) is 0.786. The van der Waals surface area contributed by atoms with E-state index in [2.05, 4.69) is 13.8 Å². The molecule has 5 heteroatoms. The number of fused-ring (bicyclic) bond motifs is 5. The second-order valence-electron chi connectivity index (χ2n) is 12.5. The van der Waals surface area contributed by atoms with Crippen LogP contribution in [0.4, 0.5) is 0 Å². The first-order chi connectivity index (χ1) is 15.5. The Morgan fingerprint density at radius 1 is 0.939 bits per heavy atom. The van der Waals surface area contributed by atoms with Gasteiger partial charge in [-0.2, -0.15) is 4.31 Å². The minimum absolute atomic E-state index is 0.00266. The summed E-state index contributed by atoms with van der Waals surface area (Å²) in [6.07, 6.45) is 10.6. The van der Waals surface area contributed by atoms with Gasteiger partial charge in [0.2, 0.25) is 10.0 Å². The van der Waals surface area contributed by atoms with Gasteiger partial charge in [0.05, 0.1) is 10.5 Å². The molecule has 9 atom stereocenters. The van der Waals surface area contributed by atoms with Crippen LogP contribution in [0.3, 0.4) is 0 Å². The highest BCUT2D eigenvalue weighted by Gasteiger charge is 2.58. The van der Waals surface area contributed by atoms with Crippen LogP contribution in [0.25, 0.3) is 0 Å². The summed E-state index contributed by atoms with van der Waals surface area (Å²) >= 11 is 0.